The highest BCUT2D eigenvalue weighted by atomic mass is 16.5. The molecule has 0 bridgehead atoms. The van der Waals surface area contributed by atoms with E-state index in [4.69, 9.17) is 9.84 Å². The van der Waals surface area contributed by atoms with Crippen LogP contribution in [0.4, 0.5) is 5.69 Å². The van der Waals surface area contributed by atoms with Crippen LogP contribution in [0.3, 0.4) is 0 Å². The molecule has 2 N–H and O–H groups in total. The molecule has 0 spiro atoms. The van der Waals surface area contributed by atoms with Gasteiger partial charge in [0.1, 0.15) is 5.75 Å². The number of hydrogen-bond donors (Lipinski definition) is 2. The van der Waals surface area contributed by atoms with E-state index in [0.717, 1.165) is 30.0 Å². The van der Waals surface area contributed by atoms with Gasteiger partial charge < -0.3 is 15.2 Å². The Morgan fingerprint density at radius 1 is 1.59 bits per heavy atom. The molecule has 2 unspecified atom stereocenters. The summed E-state index contributed by atoms with van der Waals surface area (Å²) in [6, 6.07) is 5.88. The molecule has 1 aromatic carbocycles. The fourth-order valence-electron chi connectivity index (χ4n) is 2.01. The Morgan fingerprint density at radius 2 is 2.35 bits per heavy atom. The lowest BCUT2D eigenvalue weighted by Gasteiger charge is -2.09. The van der Waals surface area contributed by atoms with E-state index in [2.05, 4.69) is 5.32 Å². The third kappa shape index (κ3) is 2.70. The maximum atomic E-state index is 10.7. The summed E-state index contributed by atoms with van der Waals surface area (Å²) in [7, 11) is 1.65. The first-order chi connectivity index (χ1) is 8.11. The van der Waals surface area contributed by atoms with E-state index in [9.17, 15) is 4.79 Å². The molecule has 1 saturated carbocycles. The van der Waals surface area contributed by atoms with E-state index in [1.807, 2.05) is 25.1 Å². The van der Waals surface area contributed by atoms with Crippen molar-refractivity contribution in [1.29, 1.82) is 0 Å². The molecule has 0 radical (unpaired) electrons. The SMILES string of the molecule is COc1ccc(NCC2CC2C(=O)O)cc1C. The third-order valence-corrected chi connectivity index (χ3v) is 3.20. The average Bonchev–Trinajstić information content (AvgIpc) is 3.06. The molecular formula is C13H17NO3. The predicted octanol–water partition coefficient (Wildman–Crippen LogP) is 2.14. The van der Waals surface area contributed by atoms with E-state index in [-0.39, 0.29) is 11.8 Å². The standard InChI is InChI=1S/C13H17NO3/c1-8-5-10(3-4-12(8)17-2)14-7-9-6-11(9)13(15)16/h3-5,9,11,14H,6-7H2,1-2H3,(H,15,16). The fraction of sp³-hybridized carbons (Fsp3) is 0.462. The molecule has 17 heavy (non-hydrogen) atoms. The number of anilines is 1. The van der Waals surface area contributed by atoms with Crippen LogP contribution in [-0.2, 0) is 4.79 Å². The minimum Gasteiger partial charge on any atom is -0.496 e. The van der Waals surface area contributed by atoms with Gasteiger partial charge in [-0.05, 0) is 43.0 Å². The monoisotopic (exact) mass is 235 g/mol. The topological polar surface area (TPSA) is 58.6 Å². The van der Waals surface area contributed by atoms with Gasteiger partial charge in [0.25, 0.3) is 0 Å². The second kappa shape index (κ2) is 4.65. The summed E-state index contributed by atoms with van der Waals surface area (Å²) in [6.07, 6.45) is 0.789. The lowest BCUT2D eigenvalue weighted by Crippen LogP contribution is -2.08. The van der Waals surface area contributed by atoms with Crippen molar-refractivity contribution in [3.05, 3.63) is 23.8 Å². The van der Waals surface area contributed by atoms with Gasteiger partial charge in [-0.25, -0.2) is 0 Å². The van der Waals surface area contributed by atoms with E-state index >= 15 is 0 Å². The smallest absolute Gasteiger partial charge is 0.306 e. The number of methoxy groups -OCH3 is 1. The Labute approximate surface area is 101 Å². The maximum Gasteiger partial charge on any atom is 0.306 e. The van der Waals surface area contributed by atoms with E-state index in [0.29, 0.717) is 0 Å². The van der Waals surface area contributed by atoms with Crippen molar-refractivity contribution in [3.8, 4) is 5.75 Å². The van der Waals surface area contributed by atoms with Gasteiger partial charge in [0, 0.05) is 12.2 Å². The van der Waals surface area contributed by atoms with Crippen LogP contribution in [0.2, 0.25) is 0 Å². The van der Waals surface area contributed by atoms with Crippen LogP contribution in [0, 0.1) is 18.8 Å². The van der Waals surface area contributed by atoms with Gasteiger partial charge in [-0.3, -0.25) is 4.79 Å². The Kier molecular flexibility index (Phi) is 3.22. The third-order valence-electron chi connectivity index (χ3n) is 3.20. The highest BCUT2D eigenvalue weighted by molar-refractivity contribution is 5.73. The highest BCUT2D eigenvalue weighted by Gasteiger charge is 2.42. The number of hydrogen-bond acceptors (Lipinski definition) is 3. The van der Waals surface area contributed by atoms with Crippen LogP contribution in [0.25, 0.3) is 0 Å². The average molecular weight is 235 g/mol. The molecular weight excluding hydrogens is 218 g/mol. The molecule has 2 rings (SSSR count). The zero-order valence-corrected chi connectivity index (χ0v) is 10.1. The zero-order chi connectivity index (χ0) is 12.4. The van der Waals surface area contributed by atoms with E-state index in [1.54, 1.807) is 7.11 Å². The summed E-state index contributed by atoms with van der Waals surface area (Å²) >= 11 is 0. The van der Waals surface area contributed by atoms with Crippen molar-refractivity contribution in [2.24, 2.45) is 11.8 Å². The Morgan fingerprint density at radius 3 is 2.88 bits per heavy atom. The minimum atomic E-state index is -0.678. The Bertz CT molecular complexity index is 431. The number of ether oxygens (including phenoxy) is 1. The molecule has 0 aromatic heterocycles. The number of carboxylic acid groups (broad SMARTS) is 1. The van der Waals surface area contributed by atoms with E-state index < -0.39 is 5.97 Å². The number of benzene rings is 1. The largest absolute Gasteiger partial charge is 0.496 e. The lowest BCUT2D eigenvalue weighted by atomic mass is 10.2. The van der Waals surface area contributed by atoms with Gasteiger partial charge in [0.2, 0.25) is 0 Å². The summed E-state index contributed by atoms with van der Waals surface area (Å²) in [5.41, 5.74) is 2.09. The van der Waals surface area contributed by atoms with Crippen molar-refractivity contribution in [3.63, 3.8) is 0 Å². The van der Waals surface area contributed by atoms with Crippen molar-refractivity contribution >= 4 is 11.7 Å². The van der Waals surface area contributed by atoms with Crippen LogP contribution in [-0.4, -0.2) is 24.7 Å². The van der Waals surface area contributed by atoms with Crippen LogP contribution in [0.15, 0.2) is 18.2 Å². The van der Waals surface area contributed by atoms with Gasteiger partial charge in [-0.15, -0.1) is 0 Å². The normalized spacial score (nSPS) is 22.0. The van der Waals surface area contributed by atoms with Gasteiger partial charge in [-0.2, -0.15) is 0 Å². The van der Waals surface area contributed by atoms with Crippen molar-refractivity contribution in [2.45, 2.75) is 13.3 Å². The number of carboxylic acids is 1. The lowest BCUT2D eigenvalue weighted by molar-refractivity contribution is -0.138. The molecule has 0 amide bonds. The molecule has 4 heteroatoms. The van der Waals surface area contributed by atoms with Crippen LogP contribution in [0.5, 0.6) is 5.75 Å². The second-order valence-corrected chi connectivity index (χ2v) is 4.51. The molecule has 0 heterocycles. The fourth-order valence-corrected chi connectivity index (χ4v) is 2.01. The summed E-state index contributed by atoms with van der Waals surface area (Å²) in [6.45, 7) is 2.71. The first-order valence-electron chi connectivity index (χ1n) is 5.73. The molecule has 1 fully saturated rings. The van der Waals surface area contributed by atoms with Gasteiger partial charge in [0.05, 0.1) is 13.0 Å². The summed E-state index contributed by atoms with van der Waals surface area (Å²) in [5.74, 6) is 0.310. The maximum absolute atomic E-state index is 10.7. The van der Waals surface area contributed by atoms with Crippen molar-refractivity contribution in [2.75, 3.05) is 19.0 Å². The molecule has 2 atom stereocenters. The van der Waals surface area contributed by atoms with Crippen molar-refractivity contribution < 1.29 is 14.6 Å². The van der Waals surface area contributed by atoms with Crippen molar-refractivity contribution in [1.82, 2.24) is 0 Å². The summed E-state index contributed by atoms with van der Waals surface area (Å²) in [4.78, 5) is 10.7. The molecule has 0 saturated heterocycles. The summed E-state index contributed by atoms with van der Waals surface area (Å²) in [5, 5.41) is 12.1. The number of aryl methyl sites for hydroxylation is 1. The first-order valence-corrected chi connectivity index (χ1v) is 5.73. The molecule has 92 valence electrons. The molecule has 1 aromatic rings. The second-order valence-electron chi connectivity index (χ2n) is 4.51. The molecule has 0 aliphatic heterocycles. The van der Waals surface area contributed by atoms with Crippen LogP contribution in [0.1, 0.15) is 12.0 Å². The molecule has 1 aliphatic rings. The summed E-state index contributed by atoms with van der Waals surface area (Å²) < 4.78 is 5.18. The Balaban J connectivity index is 1.88. The van der Waals surface area contributed by atoms with Gasteiger partial charge >= 0.3 is 5.97 Å². The first kappa shape index (κ1) is 11.8. The number of aliphatic carboxylic acids is 1. The Hall–Kier alpha value is -1.71. The highest BCUT2D eigenvalue weighted by Crippen LogP contribution is 2.38. The van der Waals surface area contributed by atoms with Crippen LogP contribution >= 0.6 is 0 Å². The molecule has 4 nitrogen and oxygen atoms in total. The van der Waals surface area contributed by atoms with E-state index in [1.165, 1.54) is 0 Å². The number of nitrogens with one attached hydrogen (secondary N) is 1. The van der Waals surface area contributed by atoms with Gasteiger partial charge in [-0.1, -0.05) is 0 Å². The number of carbonyl (C=O) groups is 1. The van der Waals surface area contributed by atoms with Gasteiger partial charge in [0.15, 0.2) is 0 Å². The predicted molar refractivity (Wildman–Crippen MR) is 65.5 cm³/mol. The quantitative estimate of drug-likeness (QED) is 0.821. The van der Waals surface area contributed by atoms with Crippen LogP contribution < -0.4 is 10.1 Å². The zero-order valence-electron chi connectivity index (χ0n) is 10.1. The number of rotatable bonds is 5. The minimum absolute atomic E-state index is 0.151. The molecule has 1 aliphatic carbocycles.